The third-order valence-corrected chi connectivity index (χ3v) is 5.38. The van der Waals surface area contributed by atoms with Gasteiger partial charge in [-0.3, -0.25) is 4.72 Å². The summed E-state index contributed by atoms with van der Waals surface area (Å²) in [5.41, 5.74) is 2.01. The molecule has 3 rings (SSSR count). The van der Waals surface area contributed by atoms with Crippen molar-refractivity contribution in [1.82, 2.24) is 0 Å². The second-order valence-electron chi connectivity index (χ2n) is 5.31. The van der Waals surface area contributed by atoms with Crippen LogP contribution in [0.4, 0.5) is 5.69 Å². The molecule has 0 radical (unpaired) electrons. The quantitative estimate of drug-likeness (QED) is 0.697. The zero-order chi connectivity index (χ0) is 17.9. The van der Waals surface area contributed by atoms with Gasteiger partial charge in [0.2, 0.25) is 0 Å². The number of ether oxygens (including phenoxy) is 1. The maximum atomic E-state index is 12.6. The summed E-state index contributed by atoms with van der Waals surface area (Å²) in [7, 11) is -2.14. The summed E-state index contributed by atoms with van der Waals surface area (Å²) in [5.74, 6) is 0.528. The minimum Gasteiger partial charge on any atom is -0.495 e. The van der Waals surface area contributed by atoms with Gasteiger partial charge < -0.3 is 4.74 Å². The van der Waals surface area contributed by atoms with Crippen molar-refractivity contribution in [2.24, 2.45) is 0 Å². The van der Waals surface area contributed by atoms with E-state index in [0.29, 0.717) is 16.5 Å². The van der Waals surface area contributed by atoms with Crippen LogP contribution in [0.15, 0.2) is 77.7 Å². The Labute approximate surface area is 152 Å². The molecule has 0 amide bonds. The number of rotatable bonds is 5. The largest absolute Gasteiger partial charge is 0.495 e. The lowest BCUT2D eigenvalue weighted by atomic mass is 10.0. The zero-order valence-corrected chi connectivity index (χ0v) is 15.0. The van der Waals surface area contributed by atoms with Crippen LogP contribution in [0.5, 0.6) is 5.75 Å². The van der Waals surface area contributed by atoms with Crippen molar-refractivity contribution < 1.29 is 13.2 Å². The van der Waals surface area contributed by atoms with E-state index in [1.807, 2.05) is 18.2 Å². The molecule has 0 bridgehead atoms. The first-order valence-corrected chi connectivity index (χ1v) is 9.38. The van der Waals surface area contributed by atoms with Crippen molar-refractivity contribution >= 4 is 27.3 Å². The molecule has 6 heteroatoms. The van der Waals surface area contributed by atoms with Crippen LogP contribution in [0.25, 0.3) is 11.1 Å². The first-order chi connectivity index (χ1) is 12.0. The predicted octanol–water partition coefficient (Wildman–Crippen LogP) is 4.82. The van der Waals surface area contributed by atoms with Gasteiger partial charge in [-0.05, 0) is 35.9 Å². The molecule has 3 aromatic carbocycles. The fraction of sp³-hybridized carbons (Fsp3) is 0.0526. The molecule has 0 aliphatic rings. The number of sulfonamides is 1. The maximum absolute atomic E-state index is 12.6. The van der Waals surface area contributed by atoms with Gasteiger partial charge in [0.05, 0.1) is 22.7 Å². The highest BCUT2D eigenvalue weighted by Gasteiger charge is 2.16. The minimum atomic E-state index is -3.67. The molecule has 0 atom stereocenters. The zero-order valence-electron chi connectivity index (χ0n) is 13.4. The summed E-state index contributed by atoms with van der Waals surface area (Å²) in [6.07, 6.45) is 0. The SMILES string of the molecule is COc1cc(-c2ccccc2NS(=O)(=O)c2ccccc2)ccc1Cl. The summed E-state index contributed by atoms with van der Waals surface area (Å²) >= 11 is 6.07. The van der Waals surface area contributed by atoms with Crippen molar-refractivity contribution in [2.75, 3.05) is 11.8 Å². The Bertz CT molecular complexity index is 989. The molecule has 128 valence electrons. The van der Waals surface area contributed by atoms with Gasteiger partial charge in [0.15, 0.2) is 0 Å². The standard InChI is InChI=1S/C19H16ClNO3S/c1-24-19-13-14(11-12-17(19)20)16-9-5-6-10-18(16)21-25(22,23)15-7-3-2-4-8-15/h2-13,21H,1H3. The van der Waals surface area contributed by atoms with Gasteiger partial charge in [-0.1, -0.05) is 54.1 Å². The Morgan fingerprint density at radius 1 is 0.920 bits per heavy atom. The Balaban J connectivity index is 2.03. The van der Waals surface area contributed by atoms with E-state index in [0.717, 1.165) is 11.1 Å². The minimum absolute atomic E-state index is 0.207. The molecular formula is C19H16ClNO3S. The van der Waals surface area contributed by atoms with Gasteiger partial charge in [0.1, 0.15) is 5.75 Å². The van der Waals surface area contributed by atoms with Crippen LogP contribution < -0.4 is 9.46 Å². The number of halogens is 1. The molecule has 0 aromatic heterocycles. The second kappa shape index (κ2) is 7.17. The van der Waals surface area contributed by atoms with Crippen molar-refractivity contribution in [3.8, 4) is 16.9 Å². The van der Waals surface area contributed by atoms with Crippen LogP contribution >= 0.6 is 11.6 Å². The number of anilines is 1. The van der Waals surface area contributed by atoms with Crippen molar-refractivity contribution in [2.45, 2.75) is 4.90 Å². The topological polar surface area (TPSA) is 55.4 Å². The lowest BCUT2D eigenvalue weighted by Crippen LogP contribution is -2.13. The lowest BCUT2D eigenvalue weighted by Gasteiger charge is -2.14. The highest BCUT2D eigenvalue weighted by molar-refractivity contribution is 7.92. The van der Waals surface area contributed by atoms with E-state index in [4.69, 9.17) is 16.3 Å². The number of hydrogen-bond donors (Lipinski definition) is 1. The molecule has 3 aromatic rings. The van der Waals surface area contributed by atoms with Crippen LogP contribution in [-0.4, -0.2) is 15.5 Å². The van der Waals surface area contributed by atoms with E-state index in [1.165, 1.54) is 7.11 Å². The van der Waals surface area contributed by atoms with E-state index >= 15 is 0 Å². The average Bonchev–Trinajstić information content (AvgIpc) is 2.63. The van der Waals surface area contributed by atoms with Gasteiger partial charge >= 0.3 is 0 Å². The third kappa shape index (κ3) is 3.78. The molecule has 0 saturated heterocycles. The Hall–Kier alpha value is -2.50. The second-order valence-corrected chi connectivity index (χ2v) is 7.40. The Morgan fingerprint density at radius 3 is 2.32 bits per heavy atom. The van der Waals surface area contributed by atoms with Gasteiger partial charge in [-0.2, -0.15) is 0 Å². The van der Waals surface area contributed by atoms with Crippen molar-refractivity contribution in [3.63, 3.8) is 0 Å². The van der Waals surface area contributed by atoms with Gasteiger partial charge in [-0.15, -0.1) is 0 Å². The normalized spacial score (nSPS) is 11.1. The molecule has 0 aliphatic heterocycles. The molecule has 0 aliphatic carbocycles. The number of benzene rings is 3. The van der Waals surface area contributed by atoms with Crippen LogP contribution in [0.3, 0.4) is 0 Å². The summed E-state index contributed by atoms with van der Waals surface area (Å²) < 4.78 is 33.1. The number of methoxy groups -OCH3 is 1. The monoisotopic (exact) mass is 373 g/mol. The summed E-state index contributed by atoms with van der Waals surface area (Å²) in [6.45, 7) is 0. The van der Waals surface area contributed by atoms with Crippen LogP contribution in [0.2, 0.25) is 5.02 Å². The van der Waals surface area contributed by atoms with Crippen LogP contribution in [-0.2, 0) is 10.0 Å². The summed E-state index contributed by atoms with van der Waals surface area (Å²) in [6, 6.07) is 20.7. The predicted molar refractivity (Wildman–Crippen MR) is 101 cm³/mol. The fourth-order valence-corrected chi connectivity index (χ4v) is 3.75. The van der Waals surface area contributed by atoms with E-state index in [-0.39, 0.29) is 4.90 Å². The molecule has 0 spiro atoms. The fourth-order valence-electron chi connectivity index (χ4n) is 2.45. The van der Waals surface area contributed by atoms with Gasteiger partial charge in [0.25, 0.3) is 10.0 Å². The van der Waals surface area contributed by atoms with Crippen molar-refractivity contribution in [3.05, 3.63) is 77.8 Å². The molecule has 0 unspecified atom stereocenters. The number of nitrogens with one attached hydrogen (secondary N) is 1. The van der Waals surface area contributed by atoms with Crippen LogP contribution in [0.1, 0.15) is 0 Å². The third-order valence-electron chi connectivity index (χ3n) is 3.69. The lowest BCUT2D eigenvalue weighted by molar-refractivity contribution is 0.415. The molecule has 25 heavy (non-hydrogen) atoms. The van der Waals surface area contributed by atoms with E-state index in [9.17, 15) is 8.42 Å². The summed E-state index contributed by atoms with van der Waals surface area (Å²) in [5, 5.41) is 0.494. The first kappa shape index (κ1) is 17.3. The van der Waals surface area contributed by atoms with Gasteiger partial charge in [0, 0.05) is 5.56 Å². The van der Waals surface area contributed by atoms with E-state index in [1.54, 1.807) is 54.6 Å². The Kier molecular flexibility index (Phi) is 4.97. The maximum Gasteiger partial charge on any atom is 0.261 e. The smallest absolute Gasteiger partial charge is 0.261 e. The molecule has 1 N–H and O–H groups in total. The molecule has 0 fully saturated rings. The molecule has 0 heterocycles. The van der Waals surface area contributed by atoms with Gasteiger partial charge in [-0.25, -0.2) is 8.42 Å². The van der Waals surface area contributed by atoms with E-state index in [2.05, 4.69) is 4.72 Å². The average molecular weight is 374 g/mol. The Morgan fingerprint density at radius 2 is 1.60 bits per heavy atom. The van der Waals surface area contributed by atoms with Crippen LogP contribution in [0, 0.1) is 0 Å². The first-order valence-electron chi connectivity index (χ1n) is 7.52. The molecule has 0 saturated carbocycles. The number of para-hydroxylation sites is 1. The highest BCUT2D eigenvalue weighted by Crippen LogP contribution is 2.34. The summed E-state index contributed by atoms with van der Waals surface area (Å²) in [4.78, 5) is 0.207. The van der Waals surface area contributed by atoms with Crippen molar-refractivity contribution in [1.29, 1.82) is 0 Å². The highest BCUT2D eigenvalue weighted by atomic mass is 35.5. The molecule has 4 nitrogen and oxygen atoms in total. The molecular weight excluding hydrogens is 358 g/mol. The van der Waals surface area contributed by atoms with E-state index < -0.39 is 10.0 Å². The number of hydrogen-bond acceptors (Lipinski definition) is 3.